The molecule has 0 radical (unpaired) electrons. The van der Waals surface area contributed by atoms with Gasteiger partial charge in [0, 0.05) is 49.2 Å². The average molecular weight is 409 g/mol. The van der Waals surface area contributed by atoms with E-state index in [2.05, 4.69) is 14.5 Å². The Labute approximate surface area is 174 Å². The molecule has 3 aromatic rings. The highest BCUT2D eigenvalue weighted by molar-refractivity contribution is 5.55. The normalized spacial score (nSPS) is 26.6. The molecule has 1 N–H and O–H groups in total. The molecule has 4 nitrogen and oxygen atoms in total. The van der Waals surface area contributed by atoms with E-state index >= 15 is 0 Å². The van der Waals surface area contributed by atoms with E-state index in [1.807, 2.05) is 36.5 Å². The first-order valence-corrected chi connectivity index (χ1v) is 10.5. The van der Waals surface area contributed by atoms with Gasteiger partial charge in [0.05, 0.1) is 12.1 Å². The number of hydrogen-bond acceptors (Lipinski definition) is 3. The molecule has 1 saturated heterocycles. The zero-order valence-corrected chi connectivity index (χ0v) is 16.7. The van der Waals surface area contributed by atoms with E-state index in [0.29, 0.717) is 23.9 Å². The number of fused-ring (bicyclic) bond motifs is 1. The second kappa shape index (κ2) is 7.93. The van der Waals surface area contributed by atoms with Gasteiger partial charge in [0.2, 0.25) is 0 Å². The molecule has 6 heteroatoms. The molecule has 0 bridgehead atoms. The molecular weight excluding hydrogens is 384 g/mol. The molecule has 0 unspecified atom stereocenters. The van der Waals surface area contributed by atoms with Crippen molar-refractivity contribution in [3.05, 3.63) is 78.1 Å². The summed E-state index contributed by atoms with van der Waals surface area (Å²) in [7, 11) is 0. The summed E-state index contributed by atoms with van der Waals surface area (Å²) in [5, 5.41) is 10.9. The Morgan fingerprint density at radius 3 is 2.53 bits per heavy atom. The lowest BCUT2D eigenvalue weighted by atomic mass is 9.77. The molecule has 0 amide bonds. The molecule has 1 saturated carbocycles. The van der Waals surface area contributed by atoms with Crippen molar-refractivity contribution in [3.8, 4) is 11.4 Å². The molecular formula is C24H25F2N3O. The monoisotopic (exact) mass is 409 g/mol. The van der Waals surface area contributed by atoms with Crippen molar-refractivity contribution in [1.29, 1.82) is 0 Å². The van der Waals surface area contributed by atoms with Crippen LogP contribution in [-0.4, -0.2) is 38.8 Å². The maximum Gasteiger partial charge on any atom is 0.140 e. The molecule has 4 atom stereocenters. The summed E-state index contributed by atoms with van der Waals surface area (Å²) in [5.41, 5.74) is 1.56. The van der Waals surface area contributed by atoms with E-state index in [0.717, 1.165) is 43.4 Å². The van der Waals surface area contributed by atoms with E-state index < -0.39 is 17.7 Å². The van der Waals surface area contributed by atoms with Crippen LogP contribution >= 0.6 is 0 Å². The Balaban J connectivity index is 1.32. The smallest absolute Gasteiger partial charge is 0.140 e. The van der Waals surface area contributed by atoms with Crippen molar-refractivity contribution >= 4 is 0 Å². The molecule has 2 aliphatic rings. The van der Waals surface area contributed by atoms with Crippen molar-refractivity contribution in [2.24, 2.45) is 11.8 Å². The fourth-order valence-electron chi connectivity index (χ4n) is 5.21. The van der Waals surface area contributed by atoms with Crippen LogP contribution in [0.3, 0.4) is 0 Å². The molecule has 156 valence electrons. The van der Waals surface area contributed by atoms with E-state index in [4.69, 9.17) is 0 Å². The molecule has 30 heavy (non-hydrogen) atoms. The first kappa shape index (κ1) is 19.4. The molecule has 1 aromatic heterocycles. The van der Waals surface area contributed by atoms with Crippen LogP contribution in [0.5, 0.6) is 0 Å². The van der Waals surface area contributed by atoms with E-state index in [9.17, 15) is 13.9 Å². The van der Waals surface area contributed by atoms with Gasteiger partial charge >= 0.3 is 0 Å². The van der Waals surface area contributed by atoms with E-state index in [-0.39, 0.29) is 6.04 Å². The molecule has 1 aliphatic heterocycles. The predicted molar refractivity (Wildman–Crippen MR) is 111 cm³/mol. The van der Waals surface area contributed by atoms with Crippen molar-refractivity contribution < 1.29 is 13.9 Å². The Morgan fingerprint density at radius 2 is 1.77 bits per heavy atom. The predicted octanol–water partition coefficient (Wildman–Crippen LogP) is 4.27. The molecule has 2 heterocycles. The Hall–Kier alpha value is -2.57. The topological polar surface area (TPSA) is 41.3 Å². The Kier molecular flexibility index (Phi) is 5.13. The zero-order chi connectivity index (χ0) is 20.7. The van der Waals surface area contributed by atoms with Crippen LogP contribution in [-0.2, 0) is 6.54 Å². The third-order valence-corrected chi connectivity index (χ3v) is 6.65. The fourth-order valence-corrected chi connectivity index (χ4v) is 5.21. The number of nitrogens with zero attached hydrogens (tertiary/aromatic N) is 3. The highest BCUT2D eigenvalue weighted by Gasteiger charge is 2.42. The summed E-state index contributed by atoms with van der Waals surface area (Å²) in [6, 6.07) is 13.8. The number of aliphatic hydroxyl groups is 1. The van der Waals surface area contributed by atoms with Gasteiger partial charge < -0.3 is 9.67 Å². The highest BCUT2D eigenvalue weighted by atomic mass is 19.1. The number of aliphatic hydroxyl groups excluding tert-OH is 1. The van der Waals surface area contributed by atoms with Gasteiger partial charge in [-0.05, 0) is 30.7 Å². The lowest BCUT2D eigenvalue weighted by Crippen LogP contribution is -2.36. The first-order chi connectivity index (χ1) is 14.6. The number of halogens is 2. The van der Waals surface area contributed by atoms with Gasteiger partial charge in [0.1, 0.15) is 17.5 Å². The van der Waals surface area contributed by atoms with Crippen LogP contribution in [0.15, 0.2) is 60.9 Å². The largest absolute Gasteiger partial charge is 0.391 e. The third-order valence-electron chi connectivity index (χ3n) is 6.65. The number of benzene rings is 2. The standard InChI is InChI=1S/C24H25F2N3O/c25-20-7-6-17(21(26)12-20)13-28-14-18-10-22(23(30)11-19(18)15-28)29-9-8-27-24(29)16-4-2-1-3-5-16/h1-9,12,18-19,22-23,30H,10-11,13-15H2/t18-,19+,22-,23-/m0/s1. The SMILES string of the molecule is O[C@H]1C[C@@H]2CN(Cc3ccc(F)cc3F)C[C@@H]2C[C@@H]1n1ccnc1-c1ccccc1. The van der Waals surface area contributed by atoms with E-state index in [1.165, 1.54) is 12.1 Å². The quantitative estimate of drug-likeness (QED) is 0.700. The van der Waals surface area contributed by atoms with Gasteiger partial charge in [0.25, 0.3) is 0 Å². The molecule has 0 spiro atoms. The molecule has 2 aromatic carbocycles. The molecule has 1 aliphatic carbocycles. The van der Waals surface area contributed by atoms with Crippen LogP contribution in [0.4, 0.5) is 8.78 Å². The van der Waals surface area contributed by atoms with Gasteiger partial charge in [-0.1, -0.05) is 36.4 Å². The summed E-state index contributed by atoms with van der Waals surface area (Å²) in [6.45, 7) is 2.17. The van der Waals surface area contributed by atoms with Gasteiger partial charge in [-0.3, -0.25) is 4.90 Å². The van der Waals surface area contributed by atoms with Crippen molar-refractivity contribution in [3.63, 3.8) is 0 Å². The van der Waals surface area contributed by atoms with Crippen molar-refractivity contribution in [2.45, 2.75) is 31.5 Å². The summed E-state index contributed by atoms with van der Waals surface area (Å²) >= 11 is 0. The van der Waals surface area contributed by atoms with Gasteiger partial charge in [0.15, 0.2) is 0 Å². The second-order valence-electron chi connectivity index (χ2n) is 8.58. The molecule has 2 fully saturated rings. The maximum absolute atomic E-state index is 14.1. The molecule has 5 rings (SSSR count). The number of hydrogen-bond donors (Lipinski definition) is 1. The summed E-state index contributed by atoms with van der Waals surface area (Å²) in [6.07, 6.45) is 4.90. The van der Waals surface area contributed by atoms with Crippen molar-refractivity contribution in [2.75, 3.05) is 13.1 Å². The summed E-state index contributed by atoms with van der Waals surface area (Å²) in [4.78, 5) is 6.77. The van der Waals surface area contributed by atoms with Gasteiger partial charge in [-0.15, -0.1) is 0 Å². The number of likely N-dealkylation sites (tertiary alicyclic amines) is 1. The number of rotatable bonds is 4. The van der Waals surface area contributed by atoms with Crippen LogP contribution in [0.1, 0.15) is 24.4 Å². The minimum Gasteiger partial charge on any atom is -0.391 e. The fraction of sp³-hybridized carbons (Fsp3) is 0.375. The lowest BCUT2D eigenvalue weighted by Gasteiger charge is -2.36. The number of aromatic nitrogens is 2. The highest BCUT2D eigenvalue weighted by Crippen LogP contribution is 2.42. The van der Waals surface area contributed by atoms with Crippen LogP contribution < -0.4 is 0 Å². The average Bonchev–Trinajstić information content (AvgIpc) is 3.36. The minimum atomic E-state index is -0.549. The minimum absolute atomic E-state index is 0.0218. The van der Waals surface area contributed by atoms with Crippen LogP contribution in [0.25, 0.3) is 11.4 Å². The summed E-state index contributed by atoms with van der Waals surface area (Å²) in [5.74, 6) is 0.665. The Bertz CT molecular complexity index is 1020. The Morgan fingerprint density at radius 1 is 1.00 bits per heavy atom. The zero-order valence-electron chi connectivity index (χ0n) is 16.7. The van der Waals surface area contributed by atoms with Crippen LogP contribution in [0.2, 0.25) is 0 Å². The van der Waals surface area contributed by atoms with Crippen molar-refractivity contribution in [1.82, 2.24) is 14.5 Å². The van der Waals surface area contributed by atoms with Crippen LogP contribution in [0, 0.1) is 23.5 Å². The van der Waals surface area contributed by atoms with Gasteiger partial charge in [-0.2, -0.15) is 0 Å². The number of imidazole rings is 1. The third kappa shape index (κ3) is 3.66. The maximum atomic E-state index is 14.1. The first-order valence-electron chi connectivity index (χ1n) is 10.5. The lowest BCUT2D eigenvalue weighted by molar-refractivity contribution is 0.0365. The van der Waals surface area contributed by atoms with Gasteiger partial charge in [-0.25, -0.2) is 13.8 Å². The summed E-state index contributed by atoms with van der Waals surface area (Å²) < 4.78 is 29.4. The van der Waals surface area contributed by atoms with E-state index in [1.54, 1.807) is 6.20 Å². The second-order valence-corrected chi connectivity index (χ2v) is 8.58.